The molecule has 10 atom stereocenters. The molecule has 1 aliphatic heterocycles. The normalized spacial score (nSPS) is 37.8. The van der Waals surface area contributed by atoms with Gasteiger partial charge in [0.15, 0.2) is 0 Å². The van der Waals surface area contributed by atoms with Crippen LogP contribution in [-0.4, -0.2) is 35.8 Å². The van der Waals surface area contributed by atoms with Crippen LogP contribution in [0.15, 0.2) is 24.3 Å². The average Bonchev–Trinajstić information content (AvgIpc) is 3.39. The number of carbonyl (C=O) groups excluding carboxylic acids is 2. The number of amides is 2. The Balaban J connectivity index is 1.03. The minimum Gasteiger partial charge on any atom is -0.344 e. The lowest BCUT2D eigenvalue weighted by Crippen LogP contribution is -2.56. The first-order chi connectivity index (χ1) is 22.2. The number of likely N-dealkylation sites (tertiary alicyclic amines) is 1. The average molecular weight is 665 g/mol. The minimum atomic E-state index is -0.472. The van der Waals surface area contributed by atoms with E-state index in [4.69, 9.17) is 11.6 Å². The Kier molecular flexibility index (Phi) is 10.2. The van der Waals surface area contributed by atoms with Crippen molar-refractivity contribution in [1.29, 1.82) is 0 Å². The van der Waals surface area contributed by atoms with Crippen molar-refractivity contribution >= 4 is 23.4 Å². The molecule has 1 aromatic carbocycles. The van der Waals surface area contributed by atoms with E-state index in [1.165, 1.54) is 69.8 Å². The lowest BCUT2D eigenvalue weighted by Gasteiger charge is -2.61. The highest BCUT2D eigenvalue weighted by atomic mass is 35.5. The Morgan fingerprint density at radius 2 is 1.60 bits per heavy atom. The van der Waals surface area contributed by atoms with Gasteiger partial charge >= 0.3 is 0 Å². The predicted octanol–water partition coefficient (Wildman–Crippen LogP) is 10.3. The van der Waals surface area contributed by atoms with Crippen LogP contribution in [-0.2, 0) is 9.59 Å². The SMILES string of the molecule is CC(C)[C@@H](NC(=O)CC[C@@H](C)[C@H]1CCC2[C@@H]3CC[C@@H]4CCCC[C@]4(C)C3CC[C@@]21C)C(=O)N1CCC(c2ccc(Cl)cc2)C(C)(C)C1. The highest BCUT2D eigenvalue weighted by Crippen LogP contribution is 2.68. The number of halogens is 1. The van der Waals surface area contributed by atoms with Gasteiger partial charge in [-0.25, -0.2) is 0 Å². The van der Waals surface area contributed by atoms with Crippen molar-refractivity contribution in [2.24, 2.45) is 57.7 Å². The maximum atomic E-state index is 13.9. The number of rotatable bonds is 8. The van der Waals surface area contributed by atoms with Crippen molar-refractivity contribution < 1.29 is 9.59 Å². The molecule has 4 aliphatic carbocycles. The van der Waals surface area contributed by atoms with E-state index in [9.17, 15) is 9.59 Å². The van der Waals surface area contributed by atoms with Crippen LogP contribution in [0.1, 0.15) is 143 Å². The maximum absolute atomic E-state index is 13.9. The van der Waals surface area contributed by atoms with Crippen LogP contribution >= 0.6 is 11.6 Å². The maximum Gasteiger partial charge on any atom is 0.245 e. The predicted molar refractivity (Wildman–Crippen MR) is 194 cm³/mol. The molecule has 47 heavy (non-hydrogen) atoms. The second kappa shape index (κ2) is 13.6. The van der Waals surface area contributed by atoms with Crippen LogP contribution in [0.2, 0.25) is 5.02 Å². The third kappa shape index (κ3) is 6.69. The Morgan fingerprint density at radius 1 is 0.872 bits per heavy atom. The Hall–Kier alpha value is -1.55. The van der Waals surface area contributed by atoms with Crippen molar-refractivity contribution in [1.82, 2.24) is 10.2 Å². The van der Waals surface area contributed by atoms with Crippen LogP contribution in [0, 0.1) is 57.7 Å². The lowest BCUT2D eigenvalue weighted by molar-refractivity contribution is -0.140. The summed E-state index contributed by atoms with van der Waals surface area (Å²) in [4.78, 5) is 29.4. The van der Waals surface area contributed by atoms with E-state index in [1.54, 1.807) is 0 Å². The monoisotopic (exact) mass is 664 g/mol. The first kappa shape index (κ1) is 35.3. The van der Waals surface area contributed by atoms with Gasteiger partial charge in [0, 0.05) is 24.5 Å². The lowest BCUT2D eigenvalue weighted by atomic mass is 9.44. The topological polar surface area (TPSA) is 49.4 Å². The summed E-state index contributed by atoms with van der Waals surface area (Å²) in [7, 11) is 0. The second-order valence-electron chi connectivity index (χ2n) is 18.6. The molecule has 3 unspecified atom stereocenters. The van der Waals surface area contributed by atoms with Crippen molar-refractivity contribution in [2.45, 2.75) is 144 Å². The highest BCUT2D eigenvalue weighted by molar-refractivity contribution is 6.30. The second-order valence-corrected chi connectivity index (χ2v) is 19.0. The van der Waals surface area contributed by atoms with Gasteiger partial charge in [-0.3, -0.25) is 9.59 Å². The molecule has 1 aromatic rings. The van der Waals surface area contributed by atoms with Gasteiger partial charge < -0.3 is 10.2 Å². The molecule has 5 aliphatic rings. The van der Waals surface area contributed by atoms with Gasteiger partial charge in [0.25, 0.3) is 0 Å². The molecule has 4 saturated carbocycles. The number of benzene rings is 1. The number of carbonyl (C=O) groups is 2. The largest absolute Gasteiger partial charge is 0.344 e. The van der Waals surface area contributed by atoms with Crippen LogP contribution < -0.4 is 5.32 Å². The first-order valence-corrected chi connectivity index (χ1v) is 20.0. The summed E-state index contributed by atoms with van der Waals surface area (Å²) in [6.07, 6.45) is 16.7. The van der Waals surface area contributed by atoms with Crippen molar-refractivity contribution in [3.8, 4) is 0 Å². The van der Waals surface area contributed by atoms with E-state index in [0.29, 0.717) is 41.5 Å². The minimum absolute atomic E-state index is 0.0474. The fraction of sp³-hybridized carbons (Fsp3) is 0.810. The van der Waals surface area contributed by atoms with E-state index >= 15 is 0 Å². The van der Waals surface area contributed by atoms with Gasteiger partial charge in [-0.2, -0.15) is 0 Å². The zero-order chi connectivity index (χ0) is 33.7. The summed E-state index contributed by atoms with van der Waals surface area (Å²) < 4.78 is 0. The number of piperidine rings is 1. The molecule has 0 aromatic heterocycles. The molecule has 4 nitrogen and oxygen atoms in total. The molecule has 5 heteroatoms. The molecule has 2 amide bonds. The summed E-state index contributed by atoms with van der Waals surface area (Å²) in [6, 6.07) is 7.72. The van der Waals surface area contributed by atoms with Crippen LogP contribution in [0.3, 0.4) is 0 Å². The summed E-state index contributed by atoms with van der Waals surface area (Å²) >= 11 is 6.16. The van der Waals surface area contributed by atoms with E-state index < -0.39 is 6.04 Å². The zero-order valence-electron chi connectivity index (χ0n) is 30.8. The van der Waals surface area contributed by atoms with Gasteiger partial charge in [-0.1, -0.05) is 85.0 Å². The summed E-state index contributed by atoms with van der Waals surface area (Å²) in [6.45, 7) is 17.8. The van der Waals surface area contributed by atoms with E-state index in [0.717, 1.165) is 48.1 Å². The number of hydrogen-bond donors (Lipinski definition) is 1. The summed E-state index contributed by atoms with van der Waals surface area (Å²) in [5.41, 5.74) is 2.24. The quantitative estimate of drug-likeness (QED) is 0.301. The molecule has 0 bridgehead atoms. The molecule has 5 fully saturated rings. The Morgan fingerprint density at radius 3 is 2.30 bits per heavy atom. The molecular weight excluding hydrogens is 600 g/mol. The number of nitrogens with zero attached hydrogens (tertiary/aromatic N) is 1. The molecule has 1 saturated heterocycles. The fourth-order valence-corrected chi connectivity index (χ4v) is 12.8. The number of fused-ring (bicyclic) bond motifs is 5. The van der Waals surface area contributed by atoms with Crippen LogP contribution in [0.25, 0.3) is 0 Å². The molecule has 0 spiro atoms. The Bertz CT molecular complexity index is 1280. The smallest absolute Gasteiger partial charge is 0.245 e. The van der Waals surface area contributed by atoms with Crippen molar-refractivity contribution in [3.63, 3.8) is 0 Å². The molecule has 262 valence electrons. The molecular formula is C42H65ClN2O2. The van der Waals surface area contributed by atoms with Gasteiger partial charge in [-0.15, -0.1) is 0 Å². The highest BCUT2D eigenvalue weighted by Gasteiger charge is 2.60. The van der Waals surface area contributed by atoms with E-state index in [1.807, 2.05) is 17.0 Å². The molecule has 1 N–H and O–H groups in total. The zero-order valence-corrected chi connectivity index (χ0v) is 31.5. The standard InChI is InChI=1S/C42H65ClN2O2/c1-27(2)38(39(47)45-25-22-34(40(4,5)26-45)29-12-15-31(43)16-13-29)44-37(46)20-11-28(3)33-18-19-35-32-17-14-30-10-8-9-23-41(30,6)36(32)21-24-42(33,35)7/h12-13,15-16,27-28,30,32-36,38H,8-11,14,17-26H2,1-7H3,(H,44,46)/t28-,30+,32+,33-,34?,35?,36?,38-,41+,42-/m1/s1. The third-order valence-electron chi connectivity index (χ3n) is 15.2. The van der Waals surface area contributed by atoms with Crippen LogP contribution in [0.4, 0.5) is 0 Å². The fourth-order valence-electron chi connectivity index (χ4n) is 12.6. The number of nitrogens with one attached hydrogen (secondary N) is 1. The van der Waals surface area contributed by atoms with Gasteiger partial charge in [-0.05, 0) is 145 Å². The van der Waals surface area contributed by atoms with Gasteiger partial charge in [0.2, 0.25) is 11.8 Å². The Labute approximate surface area is 291 Å². The summed E-state index contributed by atoms with van der Waals surface area (Å²) in [5.74, 6) is 5.51. The number of hydrogen-bond acceptors (Lipinski definition) is 2. The molecule has 1 heterocycles. The van der Waals surface area contributed by atoms with Crippen molar-refractivity contribution in [3.05, 3.63) is 34.9 Å². The third-order valence-corrected chi connectivity index (χ3v) is 15.5. The van der Waals surface area contributed by atoms with E-state index in [2.05, 4.69) is 65.9 Å². The molecule has 6 rings (SSSR count). The van der Waals surface area contributed by atoms with Crippen molar-refractivity contribution in [2.75, 3.05) is 13.1 Å². The van der Waals surface area contributed by atoms with Crippen LogP contribution in [0.5, 0.6) is 0 Å². The van der Waals surface area contributed by atoms with Gasteiger partial charge in [0.1, 0.15) is 6.04 Å². The summed E-state index contributed by atoms with van der Waals surface area (Å²) in [5, 5.41) is 3.98. The molecule has 0 radical (unpaired) electrons. The van der Waals surface area contributed by atoms with Gasteiger partial charge in [0.05, 0.1) is 0 Å². The first-order valence-electron chi connectivity index (χ1n) is 19.6. The van der Waals surface area contributed by atoms with E-state index in [-0.39, 0.29) is 23.1 Å².